The highest BCUT2D eigenvalue weighted by Crippen LogP contribution is 2.31. The smallest absolute Gasteiger partial charge is 0.337 e. The number of carbonyl (C=O) groups excluding carboxylic acids is 1. The minimum absolute atomic E-state index is 0.0389. The van der Waals surface area contributed by atoms with Gasteiger partial charge in [-0.05, 0) is 42.0 Å². The predicted octanol–water partition coefficient (Wildman–Crippen LogP) is 4.17. The quantitative estimate of drug-likeness (QED) is 0.613. The van der Waals surface area contributed by atoms with Crippen molar-refractivity contribution in [2.24, 2.45) is 0 Å². The van der Waals surface area contributed by atoms with E-state index >= 15 is 0 Å². The summed E-state index contributed by atoms with van der Waals surface area (Å²) in [5.74, 6) is -0.466. The Hall–Kier alpha value is -3.40. The summed E-state index contributed by atoms with van der Waals surface area (Å²) in [5.41, 5.74) is -0.288. The average molecular weight is 449 g/mol. The van der Waals surface area contributed by atoms with E-state index in [1.165, 1.54) is 23.1 Å². The third-order valence-corrected chi connectivity index (χ3v) is 5.73. The topological polar surface area (TPSA) is 79.4 Å². The highest BCUT2D eigenvalue weighted by atomic mass is 32.2. The van der Waals surface area contributed by atoms with Crippen molar-refractivity contribution in [3.8, 4) is 0 Å². The van der Waals surface area contributed by atoms with Crippen LogP contribution in [0.2, 0.25) is 0 Å². The number of para-hydroxylation sites is 1. The van der Waals surface area contributed by atoms with E-state index in [2.05, 4.69) is 9.71 Å². The van der Waals surface area contributed by atoms with E-state index in [4.69, 9.17) is 0 Å². The number of carbonyl (C=O) groups is 1. The predicted molar refractivity (Wildman–Crippen MR) is 109 cm³/mol. The molecule has 0 aliphatic rings. The molecule has 1 aromatic heterocycles. The molecule has 0 atom stereocenters. The molecule has 1 N–H and O–H groups in total. The van der Waals surface area contributed by atoms with E-state index in [0.717, 1.165) is 23.8 Å². The van der Waals surface area contributed by atoms with Gasteiger partial charge in [0.25, 0.3) is 15.9 Å². The lowest BCUT2D eigenvalue weighted by Crippen LogP contribution is -2.27. The lowest BCUT2D eigenvalue weighted by Gasteiger charge is -2.19. The summed E-state index contributed by atoms with van der Waals surface area (Å²) in [5, 5.41) is 0. The van der Waals surface area contributed by atoms with Crippen LogP contribution in [0.1, 0.15) is 21.5 Å². The van der Waals surface area contributed by atoms with Gasteiger partial charge in [0.05, 0.1) is 21.7 Å². The number of halogens is 3. The maximum absolute atomic E-state index is 13.0. The van der Waals surface area contributed by atoms with Gasteiger partial charge in [-0.3, -0.25) is 14.5 Å². The van der Waals surface area contributed by atoms with Gasteiger partial charge < -0.3 is 4.90 Å². The molecule has 6 nitrogen and oxygen atoms in total. The first-order chi connectivity index (χ1) is 14.6. The van der Waals surface area contributed by atoms with E-state index in [0.29, 0.717) is 6.07 Å². The number of rotatable bonds is 6. The zero-order chi connectivity index (χ0) is 22.6. The Balaban J connectivity index is 1.87. The number of amides is 1. The summed E-state index contributed by atoms with van der Waals surface area (Å²) in [6.07, 6.45) is -1.48. The maximum Gasteiger partial charge on any atom is 0.416 e. The normalized spacial score (nSPS) is 11.7. The van der Waals surface area contributed by atoms with Crippen LogP contribution in [-0.2, 0) is 22.7 Å². The molecular weight excluding hydrogens is 431 g/mol. The fourth-order valence-corrected chi connectivity index (χ4v) is 3.97. The summed E-state index contributed by atoms with van der Waals surface area (Å²) in [6, 6.07) is 12.8. The van der Waals surface area contributed by atoms with E-state index < -0.39 is 32.6 Å². The highest BCUT2D eigenvalue weighted by Gasteiger charge is 2.32. The van der Waals surface area contributed by atoms with Crippen molar-refractivity contribution in [2.75, 3.05) is 11.8 Å². The maximum atomic E-state index is 13.0. The van der Waals surface area contributed by atoms with Gasteiger partial charge in [-0.1, -0.05) is 24.3 Å². The van der Waals surface area contributed by atoms with E-state index in [9.17, 15) is 26.4 Å². The lowest BCUT2D eigenvalue weighted by atomic mass is 10.1. The van der Waals surface area contributed by atoms with Crippen LogP contribution in [-0.4, -0.2) is 31.3 Å². The molecular formula is C21H18F3N3O3S. The average Bonchev–Trinajstić information content (AvgIpc) is 2.73. The second-order valence-electron chi connectivity index (χ2n) is 6.70. The first-order valence-corrected chi connectivity index (χ1v) is 10.5. The Morgan fingerprint density at radius 2 is 1.81 bits per heavy atom. The van der Waals surface area contributed by atoms with Crippen LogP contribution >= 0.6 is 0 Å². The van der Waals surface area contributed by atoms with Crippen LogP contribution in [0.5, 0.6) is 0 Å². The molecule has 1 heterocycles. The third kappa shape index (κ3) is 5.40. The van der Waals surface area contributed by atoms with Crippen molar-refractivity contribution < 1.29 is 26.4 Å². The molecule has 162 valence electrons. The number of nitrogens with one attached hydrogen (secondary N) is 1. The molecule has 0 aliphatic heterocycles. The zero-order valence-corrected chi connectivity index (χ0v) is 17.1. The van der Waals surface area contributed by atoms with E-state index in [1.54, 1.807) is 37.6 Å². The van der Waals surface area contributed by atoms with Crippen molar-refractivity contribution in [2.45, 2.75) is 17.6 Å². The fraction of sp³-hybridized carbons (Fsp3) is 0.143. The number of hydrogen-bond donors (Lipinski definition) is 1. The van der Waals surface area contributed by atoms with Gasteiger partial charge in [0, 0.05) is 26.0 Å². The number of nitrogens with zero attached hydrogens (tertiary/aromatic N) is 2. The van der Waals surface area contributed by atoms with Crippen molar-refractivity contribution >= 4 is 21.6 Å². The Kier molecular flexibility index (Phi) is 6.30. The lowest BCUT2D eigenvalue weighted by molar-refractivity contribution is -0.137. The van der Waals surface area contributed by atoms with Gasteiger partial charge in [-0.2, -0.15) is 13.2 Å². The van der Waals surface area contributed by atoms with Gasteiger partial charge in [0.2, 0.25) is 0 Å². The molecule has 1 amide bonds. The van der Waals surface area contributed by atoms with Crippen LogP contribution < -0.4 is 4.72 Å². The largest absolute Gasteiger partial charge is 0.416 e. The van der Waals surface area contributed by atoms with Crippen molar-refractivity contribution in [3.05, 3.63) is 89.7 Å². The van der Waals surface area contributed by atoms with Crippen molar-refractivity contribution in [1.29, 1.82) is 0 Å². The number of anilines is 1. The van der Waals surface area contributed by atoms with Crippen LogP contribution in [0, 0.1) is 0 Å². The number of benzene rings is 2. The third-order valence-electron chi connectivity index (χ3n) is 4.36. The molecule has 0 saturated carbocycles. The molecule has 0 saturated heterocycles. The van der Waals surface area contributed by atoms with Gasteiger partial charge in [-0.15, -0.1) is 0 Å². The Labute approximate surface area is 177 Å². The number of aromatic nitrogens is 1. The monoisotopic (exact) mass is 449 g/mol. The van der Waals surface area contributed by atoms with Crippen LogP contribution in [0.25, 0.3) is 0 Å². The van der Waals surface area contributed by atoms with E-state index in [1.807, 2.05) is 0 Å². The van der Waals surface area contributed by atoms with Crippen LogP contribution in [0.4, 0.5) is 18.9 Å². The number of sulfonamides is 1. The van der Waals surface area contributed by atoms with Crippen molar-refractivity contribution in [3.63, 3.8) is 0 Å². The zero-order valence-electron chi connectivity index (χ0n) is 16.3. The Morgan fingerprint density at radius 3 is 2.48 bits per heavy atom. The molecule has 0 spiro atoms. The molecule has 10 heteroatoms. The minimum atomic E-state index is -4.69. The van der Waals surface area contributed by atoms with E-state index in [-0.39, 0.29) is 17.8 Å². The van der Waals surface area contributed by atoms with Crippen LogP contribution in [0.3, 0.4) is 0 Å². The molecule has 2 aromatic carbocycles. The van der Waals surface area contributed by atoms with Gasteiger partial charge in [0.15, 0.2) is 0 Å². The molecule has 3 rings (SSSR count). The summed E-state index contributed by atoms with van der Waals surface area (Å²) < 4.78 is 66.5. The SMILES string of the molecule is CN(Cc1cccnc1)C(=O)c1ccccc1NS(=O)(=O)c1cccc(C(F)(F)F)c1. The van der Waals surface area contributed by atoms with Gasteiger partial charge in [-0.25, -0.2) is 8.42 Å². The molecule has 0 unspecified atom stereocenters. The molecule has 0 aliphatic carbocycles. The second kappa shape index (κ2) is 8.76. The number of hydrogen-bond acceptors (Lipinski definition) is 4. The van der Waals surface area contributed by atoms with Crippen LogP contribution in [0.15, 0.2) is 78.0 Å². The Bertz CT molecular complexity index is 1180. The highest BCUT2D eigenvalue weighted by molar-refractivity contribution is 7.92. The first kappa shape index (κ1) is 22.3. The first-order valence-electron chi connectivity index (χ1n) is 9.01. The fourth-order valence-electron chi connectivity index (χ4n) is 2.84. The summed E-state index contributed by atoms with van der Waals surface area (Å²) >= 11 is 0. The van der Waals surface area contributed by atoms with Gasteiger partial charge >= 0.3 is 6.18 Å². The second-order valence-corrected chi connectivity index (χ2v) is 8.38. The Morgan fingerprint density at radius 1 is 1.06 bits per heavy atom. The van der Waals surface area contributed by atoms with Gasteiger partial charge in [0.1, 0.15) is 0 Å². The molecule has 31 heavy (non-hydrogen) atoms. The molecule has 3 aromatic rings. The summed E-state index contributed by atoms with van der Waals surface area (Å²) in [7, 11) is -2.82. The number of pyridine rings is 1. The summed E-state index contributed by atoms with van der Waals surface area (Å²) in [6.45, 7) is 0.237. The van der Waals surface area contributed by atoms with Crippen molar-refractivity contribution in [1.82, 2.24) is 9.88 Å². The number of alkyl halides is 3. The standard InChI is InChI=1S/C21H18F3N3O3S/c1-27(14-15-6-5-11-25-13-15)20(28)18-9-2-3-10-19(18)26-31(29,30)17-8-4-7-16(12-17)21(22,23)24/h2-13,26H,14H2,1H3. The molecule has 0 bridgehead atoms. The summed E-state index contributed by atoms with van der Waals surface area (Å²) in [4.78, 5) is 17.7. The minimum Gasteiger partial charge on any atom is -0.337 e. The molecule has 0 fully saturated rings. The molecule has 0 radical (unpaired) electrons.